The van der Waals surface area contributed by atoms with Crippen molar-refractivity contribution in [2.24, 2.45) is 0 Å². The zero-order chi connectivity index (χ0) is 46.7. The summed E-state index contributed by atoms with van der Waals surface area (Å²) in [5.41, 5.74) is 0.475. The first-order chi connectivity index (χ1) is 30.5. The minimum Gasteiger partial charge on any atom is -0.493 e. The van der Waals surface area contributed by atoms with Gasteiger partial charge in [-0.1, -0.05) is 45.0 Å². The lowest BCUT2D eigenvalue weighted by Gasteiger charge is -2.30. The SMILES string of the molecule is COc1ccccc1Oc1c(OCCOC(=O)CCCCON(O)O)nc(-c2ncccn2)nc1N(C(C)OC(=O)OCCOCCON(O)O)S(=O)(=O)c1ccc(C(C)(C)C)cc1. The van der Waals surface area contributed by atoms with Crippen molar-refractivity contribution in [3.8, 4) is 34.8 Å². The van der Waals surface area contributed by atoms with Crippen molar-refractivity contribution in [3.05, 3.63) is 72.6 Å². The Kier molecular flexibility index (Phi) is 19.7. The molecule has 1 atom stereocenters. The minimum atomic E-state index is -4.79. The summed E-state index contributed by atoms with van der Waals surface area (Å²) in [5, 5.41) is 33.7. The van der Waals surface area contributed by atoms with Crippen molar-refractivity contribution < 1.29 is 81.7 Å². The fourth-order valence-electron chi connectivity index (χ4n) is 5.37. The lowest BCUT2D eigenvalue weighted by atomic mass is 9.87. The Labute approximate surface area is 368 Å². The smallest absolute Gasteiger partial charge is 0.493 e. The number of carbonyl (C=O) groups is 2. The number of para-hydroxylation sites is 2. The highest BCUT2D eigenvalue weighted by atomic mass is 32.2. The predicted molar refractivity (Wildman–Crippen MR) is 217 cm³/mol. The number of ether oxygens (including phenoxy) is 7. The van der Waals surface area contributed by atoms with Gasteiger partial charge in [0.2, 0.25) is 11.6 Å². The minimum absolute atomic E-state index is 0.0322. The fraction of sp³-hybridized carbons (Fsp3) is 0.436. The van der Waals surface area contributed by atoms with Gasteiger partial charge in [0, 0.05) is 18.8 Å². The van der Waals surface area contributed by atoms with E-state index in [1.54, 1.807) is 30.3 Å². The first-order valence-corrected chi connectivity index (χ1v) is 20.9. The topological polar surface area (TPSA) is 294 Å². The molecule has 0 bridgehead atoms. The maximum atomic E-state index is 15.0. The van der Waals surface area contributed by atoms with Crippen molar-refractivity contribution in [1.82, 2.24) is 30.7 Å². The molecule has 0 spiro atoms. The van der Waals surface area contributed by atoms with Gasteiger partial charge in [-0.05, 0) is 61.1 Å². The molecule has 64 heavy (non-hydrogen) atoms. The molecule has 0 aliphatic rings. The first kappa shape index (κ1) is 50.8. The highest BCUT2D eigenvalue weighted by Gasteiger charge is 2.39. The zero-order valence-corrected chi connectivity index (χ0v) is 36.5. The molecule has 24 nitrogen and oxygen atoms in total. The Bertz CT molecular complexity index is 2180. The second-order valence-electron chi connectivity index (χ2n) is 14.0. The van der Waals surface area contributed by atoms with Crippen molar-refractivity contribution >= 4 is 28.0 Å². The summed E-state index contributed by atoms with van der Waals surface area (Å²) in [6, 6.07) is 14.0. The summed E-state index contributed by atoms with van der Waals surface area (Å²) in [5.74, 6) is -2.00. The summed E-state index contributed by atoms with van der Waals surface area (Å²) < 4.78 is 69.9. The van der Waals surface area contributed by atoms with Gasteiger partial charge in [0.05, 0.1) is 49.2 Å². The van der Waals surface area contributed by atoms with Gasteiger partial charge in [-0.2, -0.15) is 4.98 Å². The van der Waals surface area contributed by atoms with Gasteiger partial charge in [0.15, 0.2) is 29.4 Å². The third-order valence-electron chi connectivity index (χ3n) is 8.40. The largest absolute Gasteiger partial charge is 0.510 e. The van der Waals surface area contributed by atoms with Crippen LogP contribution in [0, 0.1) is 0 Å². The van der Waals surface area contributed by atoms with E-state index in [-0.39, 0.29) is 92.0 Å². The zero-order valence-electron chi connectivity index (χ0n) is 35.6. The molecular weight excluding hydrogens is 871 g/mol. The molecule has 0 amide bonds. The Morgan fingerprint density at radius 1 is 0.750 bits per heavy atom. The molecule has 350 valence electrons. The van der Waals surface area contributed by atoms with E-state index in [9.17, 15) is 9.59 Å². The summed E-state index contributed by atoms with van der Waals surface area (Å²) in [7, 11) is -3.41. The van der Waals surface area contributed by atoms with E-state index in [0.717, 1.165) is 5.56 Å². The van der Waals surface area contributed by atoms with E-state index in [0.29, 0.717) is 17.1 Å². The summed E-state index contributed by atoms with van der Waals surface area (Å²) in [6.07, 6.45) is 0.324. The Balaban J connectivity index is 1.80. The van der Waals surface area contributed by atoms with E-state index in [1.807, 2.05) is 20.8 Å². The number of hydrogen-bond donors (Lipinski definition) is 4. The van der Waals surface area contributed by atoms with Gasteiger partial charge in [-0.25, -0.2) is 37.3 Å². The standard InChI is InChI=1S/C39H51N7O17S/c1-27(62-38(48)59-23-21-56-22-26-61-46(51)52)44(64(53,54)29-16-14-28(15-17-29)39(2,3)4)36-33(63-31-12-7-6-11-30(31)55-5)37(43-35(42-36)34-40-18-10-19-41-34)58-25-24-57-32(47)13-8-9-20-60-45(49)50/h6-7,10-12,14-19,27,49-52H,8-9,13,20-26H2,1-5H3. The molecule has 0 saturated carbocycles. The Morgan fingerprint density at radius 3 is 2.05 bits per heavy atom. The van der Waals surface area contributed by atoms with Crippen molar-refractivity contribution in [3.63, 3.8) is 0 Å². The van der Waals surface area contributed by atoms with Gasteiger partial charge in [0.25, 0.3) is 15.9 Å². The van der Waals surface area contributed by atoms with Gasteiger partial charge in [-0.3, -0.25) is 30.5 Å². The molecule has 0 saturated heterocycles. The van der Waals surface area contributed by atoms with E-state index < -0.39 is 50.7 Å². The molecule has 0 aliphatic heterocycles. The van der Waals surface area contributed by atoms with Crippen LogP contribution in [0.3, 0.4) is 0 Å². The van der Waals surface area contributed by atoms with Crippen LogP contribution in [-0.2, 0) is 48.9 Å². The van der Waals surface area contributed by atoms with Crippen LogP contribution in [0.1, 0.15) is 52.5 Å². The molecule has 0 radical (unpaired) electrons. The summed E-state index contributed by atoms with van der Waals surface area (Å²) in [6.45, 7) is 5.52. The molecule has 2 aromatic heterocycles. The van der Waals surface area contributed by atoms with E-state index in [4.69, 9.17) is 54.0 Å². The fourth-order valence-corrected chi connectivity index (χ4v) is 6.87. The van der Waals surface area contributed by atoms with Crippen molar-refractivity contribution in [2.75, 3.05) is 57.7 Å². The lowest BCUT2D eigenvalue weighted by Crippen LogP contribution is -2.42. The molecule has 0 fully saturated rings. The molecule has 4 N–H and O–H groups in total. The molecule has 4 rings (SSSR count). The molecule has 4 aromatic rings. The summed E-state index contributed by atoms with van der Waals surface area (Å²) in [4.78, 5) is 51.8. The lowest BCUT2D eigenvalue weighted by molar-refractivity contribution is -0.493. The van der Waals surface area contributed by atoms with Gasteiger partial charge < -0.3 is 33.2 Å². The molecular formula is C39H51N7O17S. The number of esters is 1. The predicted octanol–water partition coefficient (Wildman–Crippen LogP) is 4.86. The molecule has 1 unspecified atom stereocenters. The second-order valence-corrected chi connectivity index (χ2v) is 15.8. The highest BCUT2D eigenvalue weighted by molar-refractivity contribution is 7.92. The van der Waals surface area contributed by atoms with Crippen LogP contribution in [0.5, 0.6) is 23.1 Å². The first-order valence-electron chi connectivity index (χ1n) is 19.5. The molecule has 0 aliphatic carbocycles. The van der Waals surface area contributed by atoms with E-state index in [2.05, 4.69) is 29.6 Å². The number of carbonyl (C=O) groups excluding carboxylic acids is 2. The number of benzene rings is 2. The Morgan fingerprint density at radius 2 is 1.39 bits per heavy atom. The third kappa shape index (κ3) is 15.7. The average molecular weight is 922 g/mol. The highest BCUT2D eigenvalue weighted by Crippen LogP contribution is 2.44. The number of nitrogens with zero attached hydrogens (tertiary/aromatic N) is 7. The third-order valence-corrected chi connectivity index (χ3v) is 10.3. The average Bonchev–Trinajstić information content (AvgIpc) is 3.25. The quantitative estimate of drug-likeness (QED) is 0.0283. The number of unbranched alkanes of at least 4 members (excludes halogenated alkanes) is 1. The van der Waals surface area contributed by atoms with E-state index >= 15 is 8.42 Å². The number of sulfonamides is 1. The van der Waals surface area contributed by atoms with Crippen LogP contribution >= 0.6 is 0 Å². The van der Waals surface area contributed by atoms with Crippen molar-refractivity contribution in [1.29, 1.82) is 0 Å². The number of anilines is 1. The van der Waals surface area contributed by atoms with Crippen LogP contribution < -0.4 is 18.5 Å². The molecule has 2 aromatic carbocycles. The normalized spacial score (nSPS) is 12.2. The van der Waals surface area contributed by atoms with Gasteiger partial charge in [-0.15, -0.1) is 0 Å². The number of methoxy groups -OCH3 is 1. The Hall–Kier alpha value is -5.87. The van der Waals surface area contributed by atoms with E-state index in [1.165, 1.54) is 50.7 Å². The van der Waals surface area contributed by atoms with Gasteiger partial charge in [0.1, 0.15) is 19.8 Å². The molecule has 2 heterocycles. The van der Waals surface area contributed by atoms with Crippen molar-refractivity contribution in [2.45, 2.75) is 63.5 Å². The maximum Gasteiger partial charge on any atom is 0.510 e. The van der Waals surface area contributed by atoms with Crippen LogP contribution in [0.2, 0.25) is 0 Å². The summed E-state index contributed by atoms with van der Waals surface area (Å²) >= 11 is 0. The van der Waals surface area contributed by atoms with Crippen LogP contribution in [-0.4, -0.2) is 132 Å². The maximum absolute atomic E-state index is 15.0. The van der Waals surface area contributed by atoms with Crippen LogP contribution in [0.4, 0.5) is 10.6 Å². The van der Waals surface area contributed by atoms with Crippen LogP contribution in [0.25, 0.3) is 11.6 Å². The van der Waals surface area contributed by atoms with Crippen LogP contribution in [0.15, 0.2) is 71.9 Å². The number of rotatable bonds is 26. The van der Waals surface area contributed by atoms with Gasteiger partial charge >= 0.3 is 12.1 Å². The second kappa shape index (κ2) is 24.8. The molecule has 25 heteroatoms. The monoisotopic (exact) mass is 921 g/mol. The number of aromatic nitrogens is 4. The number of hydrogen-bond acceptors (Lipinski definition) is 23.